The van der Waals surface area contributed by atoms with Crippen LogP contribution in [-0.4, -0.2) is 60.9 Å². The molecule has 0 aromatic heterocycles. The van der Waals surface area contributed by atoms with Gasteiger partial charge in [-0.3, -0.25) is 9.69 Å². The Kier molecular flexibility index (Phi) is 8.97. The molecule has 0 aliphatic rings. The summed E-state index contributed by atoms with van der Waals surface area (Å²) in [7, 11) is 0. The van der Waals surface area contributed by atoms with E-state index in [0.717, 1.165) is 13.0 Å². The molecular weight excluding hydrogens is 172 g/mol. The monoisotopic (exact) mass is 190 g/mol. The molecule has 0 aromatic rings. The lowest BCUT2D eigenvalue weighted by Crippen LogP contribution is -2.32. The van der Waals surface area contributed by atoms with E-state index < -0.39 is 0 Å². The predicted octanol–water partition coefficient (Wildman–Crippen LogP) is -1.59. The van der Waals surface area contributed by atoms with Gasteiger partial charge < -0.3 is 15.5 Å². The molecule has 0 saturated carbocycles. The summed E-state index contributed by atoms with van der Waals surface area (Å²) in [5, 5.41) is 19.9. The SMILES string of the molecule is O=CNCCCN(CCO)CCO. The maximum atomic E-state index is 9.90. The quantitative estimate of drug-likeness (QED) is 0.303. The van der Waals surface area contributed by atoms with Crippen molar-refractivity contribution in [1.82, 2.24) is 10.2 Å². The fourth-order valence-electron chi connectivity index (χ4n) is 1.08. The first-order valence-corrected chi connectivity index (χ1v) is 4.46. The number of hydrogen-bond donors (Lipinski definition) is 3. The van der Waals surface area contributed by atoms with Gasteiger partial charge in [0.1, 0.15) is 0 Å². The zero-order valence-corrected chi connectivity index (χ0v) is 7.78. The smallest absolute Gasteiger partial charge is 0.207 e. The number of aliphatic hydroxyl groups is 2. The van der Waals surface area contributed by atoms with Gasteiger partial charge in [0.2, 0.25) is 6.41 Å². The van der Waals surface area contributed by atoms with Crippen molar-refractivity contribution >= 4 is 6.41 Å². The minimum absolute atomic E-state index is 0.0983. The average molecular weight is 190 g/mol. The van der Waals surface area contributed by atoms with Gasteiger partial charge in [-0.15, -0.1) is 0 Å². The fraction of sp³-hybridized carbons (Fsp3) is 0.875. The molecule has 0 fully saturated rings. The zero-order valence-electron chi connectivity index (χ0n) is 7.78. The molecule has 0 aliphatic heterocycles. The second kappa shape index (κ2) is 9.44. The molecule has 0 aromatic carbocycles. The van der Waals surface area contributed by atoms with Crippen molar-refractivity contribution in [2.45, 2.75) is 6.42 Å². The standard InChI is InChI=1S/C8H18N2O3/c11-6-4-10(5-7-12)3-1-2-9-8-13/h8,11-12H,1-7H2,(H,9,13). The molecule has 78 valence electrons. The Labute approximate surface area is 78.4 Å². The van der Waals surface area contributed by atoms with Crippen molar-refractivity contribution < 1.29 is 15.0 Å². The number of nitrogens with zero attached hydrogens (tertiary/aromatic N) is 1. The van der Waals surface area contributed by atoms with E-state index in [0.29, 0.717) is 26.0 Å². The van der Waals surface area contributed by atoms with Gasteiger partial charge in [-0.2, -0.15) is 0 Å². The van der Waals surface area contributed by atoms with Crippen LogP contribution in [0.5, 0.6) is 0 Å². The van der Waals surface area contributed by atoms with Crippen LogP contribution in [0.3, 0.4) is 0 Å². The molecule has 5 heteroatoms. The van der Waals surface area contributed by atoms with Crippen molar-refractivity contribution in [2.75, 3.05) is 39.4 Å². The molecule has 0 atom stereocenters. The van der Waals surface area contributed by atoms with Crippen LogP contribution < -0.4 is 5.32 Å². The van der Waals surface area contributed by atoms with Crippen molar-refractivity contribution in [3.05, 3.63) is 0 Å². The summed E-state index contributed by atoms with van der Waals surface area (Å²) in [5.74, 6) is 0. The molecule has 5 nitrogen and oxygen atoms in total. The highest BCUT2D eigenvalue weighted by atomic mass is 16.3. The summed E-state index contributed by atoms with van der Waals surface area (Å²) >= 11 is 0. The Morgan fingerprint density at radius 3 is 2.23 bits per heavy atom. The number of nitrogens with one attached hydrogen (secondary N) is 1. The molecular formula is C8H18N2O3. The van der Waals surface area contributed by atoms with Gasteiger partial charge in [-0.25, -0.2) is 0 Å². The van der Waals surface area contributed by atoms with Gasteiger partial charge in [0.25, 0.3) is 0 Å². The molecule has 0 rings (SSSR count). The molecule has 0 saturated heterocycles. The van der Waals surface area contributed by atoms with Crippen molar-refractivity contribution in [3.63, 3.8) is 0 Å². The summed E-state index contributed by atoms with van der Waals surface area (Å²) in [5.41, 5.74) is 0. The van der Waals surface area contributed by atoms with Crippen molar-refractivity contribution in [1.29, 1.82) is 0 Å². The normalized spacial score (nSPS) is 10.4. The van der Waals surface area contributed by atoms with E-state index >= 15 is 0 Å². The molecule has 0 radical (unpaired) electrons. The Hall–Kier alpha value is -0.650. The topological polar surface area (TPSA) is 72.8 Å². The van der Waals surface area contributed by atoms with E-state index in [-0.39, 0.29) is 13.2 Å². The first-order chi connectivity index (χ1) is 6.35. The van der Waals surface area contributed by atoms with Crippen LogP contribution in [0.25, 0.3) is 0 Å². The van der Waals surface area contributed by atoms with Crippen LogP contribution in [0.2, 0.25) is 0 Å². The fourth-order valence-corrected chi connectivity index (χ4v) is 1.08. The van der Waals surface area contributed by atoms with E-state index in [4.69, 9.17) is 10.2 Å². The van der Waals surface area contributed by atoms with Crippen LogP contribution in [0, 0.1) is 0 Å². The lowest BCUT2D eigenvalue weighted by molar-refractivity contribution is -0.109. The lowest BCUT2D eigenvalue weighted by Gasteiger charge is -2.19. The third kappa shape index (κ3) is 7.70. The maximum Gasteiger partial charge on any atom is 0.207 e. The molecule has 13 heavy (non-hydrogen) atoms. The van der Waals surface area contributed by atoms with Crippen LogP contribution in [-0.2, 0) is 4.79 Å². The largest absolute Gasteiger partial charge is 0.395 e. The third-order valence-corrected chi connectivity index (χ3v) is 1.71. The number of aliphatic hydroxyl groups excluding tert-OH is 2. The molecule has 0 unspecified atom stereocenters. The number of rotatable bonds is 9. The van der Waals surface area contributed by atoms with Gasteiger partial charge in [0.15, 0.2) is 0 Å². The minimum Gasteiger partial charge on any atom is -0.395 e. The molecule has 3 N–H and O–H groups in total. The molecule has 1 amide bonds. The molecule has 0 aliphatic carbocycles. The Balaban J connectivity index is 3.37. The number of amides is 1. The first kappa shape index (κ1) is 12.3. The van der Waals surface area contributed by atoms with Gasteiger partial charge in [-0.1, -0.05) is 0 Å². The Morgan fingerprint density at radius 2 is 1.77 bits per heavy atom. The predicted molar refractivity (Wildman–Crippen MR) is 49.3 cm³/mol. The van der Waals surface area contributed by atoms with Crippen molar-refractivity contribution in [3.8, 4) is 0 Å². The summed E-state index contributed by atoms with van der Waals surface area (Å²) in [6.07, 6.45) is 1.50. The van der Waals surface area contributed by atoms with E-state index in [1.54, 1.807) is 0 Å². The molecule has 0 heterocycles. The van der Waals surface area contributed by atoms with E-state index in [9.17, 15) is 4.79 Å². The summed E-state index contributed by atoms with van der Waals surface area (Å²) in [4.78, 5) is 11.8. The van der Waals surface area contributed by atoms with Gasteiger partial charge >= 0.3 is 0 Å². The van der Waals surface area contributed by atoms with Crippen LogP contribution in [0.15, 0.2) is 0 Å². The van der Waals surface area contributed by atoms with E-state index in [1.807, 2.05) is 4.90 Å². The van der Waals surface area contributed by atoms with Crippen LogP contribution in [0.4, 0.5) is 0 Å². The summed E-state index contributed by atoms with van der Waals surface area (Å²) in [6, 6.07) is 0. The highest BCUT2D eigenvalue weighted by molar-refractivity contribution is 5.45. The first-order valence-electron chi connectivity index (χ1n) is 4.46. The highest BCUT2D eigenvalue weighted by Gasteiger charge is 2.01. The van der Waals surface area contributed by atoms with Gasteiger partial charge in [-0.05, 0) is 13.0 Å². The van der Waals surface area contributed by atoms with Crippen LogP contribution in [0.1, 0.15) is 6.42 Å². The second-order valence-electron chi connectivity index (χ2n) is 2.71. The number of carbonyl (C=O) groups excluding carboxylic acids is 1. The lowest BCUT2D eigenvalue weighted by atomic mass is 10.3. The Morgan fingerprint density at radius 1 is 1.15 bits per heavy atom. The van der Waals surface area contributed by atoms with Gasteiger partial charge in [0, 0.05) is 19.6 Å². The van der Waals surface area contributed by atoms with E-state index in [1.165, 1.54) is 0 Å². The van der Waals surface area contributed by atoms with Crippen molar-refractivity contribution in [2.24, 2.45) is 0 Å². The third-order valence-electron chi connectivity index (χ3n) is 1.71. The average Bonchev–Trinajstić information content (AvgIpc) is 2.13. The zero-order chi connectivity index (χ0) is 9.94. The number of hydrogen-bond acceptors (Lipinski definition) is 4. The molecule has 0 spiro atoms. The van der Waals surface area contributed by atoms with E-state index in [2.05, 4.69) is 5.32 Å². The van der Waals surface area contributed by atoms with Gasteiger partial charge in [0.05, 0.1) is 13.2 Å². The summed E-state index contributed by atoms with van der Waals surface area (Å²) < 4.78 is 0. The highest BCUT2D eigenvalue weighted by Crippen LogP contribution is 1.89. The second-order valence-corrected chi connectivity index (χ2v) is 2.71. The molecule has 0 bridgehead atoms. The number of carbonyl (C=O) groups is 1. The maximum absolute atomic E-state index is 9.90. The minimum atomic E-state index is 0.0983. The summed E-state index contributed by atoms with van der Waals surface area (Å²) in [6.45, 7) is 2.75. The van der Waals surface area contributed by atoms with Crippen LogP contribution >= 0.6 is 0 Å². The Bertz CT molecular complexity index is 116.